The van der Waals surface area contributed by atoms with Crippen molar-refractivity contribution in [3.63, 3.8) is 0 Å². The molecule has 84 valence electrons. The van der Waals surface area contributed by atoms with E-state index in [-0.39, 0.29) is 0 Å². The molecule has 1 aliphatic rings. The van der Waals surface area contributed by atoms with Gasteiger partial charge in [0.1, 0.15) is 5.82 Å². The van der Waals surface area contributed by atoms with E-state index in [0.717, 1.165) is 26.2 Å². The zero-order chi connectivity index (χ0) is 11.0. The van der Waals surface area contributed by atoms with Crippen LogP contribution in [0.3, 0.4) is 0 Å². The van der Waals surface area contributed by atoms with Gasteiger partial charge in [-0.25, -0.2) is 0 Å². The Bertz CT molecular complexity index is 495. The molecule has 1 fully saturated rings. The summed E-state index contributed by atoms with van der Waals surface area (Å²) in [4.78, 5) is 2.45. The van der Waals surface area contributed by atoms with Crippen molar-refractivity contribution in [2.45, 2.75) is 0 Å². The molecule has 0 radical (unpaired) electrons. The number of benzene rings is 1. The van der Waals surface area contributed by atoms with Crippen molar-refractivity contribution >= 4 is 16.7 Å². The number of hydrogen-bond donors (Lipinski definition) is 1. The summed E-state index contributed by atoms with van der Waals surface area (Å²) in [6, 6.07) is 10.9. The van der Waals surface area contributed by atoms with Crippen LogP contribution < -0.4 is 10.2 Å². The average Bonchev–Trinajstić information content (AvgIpc) is 2.69. The highest BCUT2D eigenvalue weighted by atomic mass is 15.3. The summed E-state index contributed by atoms with van der Waals surface area (Å²) in [7, 11) is 2.15. The highest BCUT2D eigenvalue weighted by molar-refractivity contribution is 5.85. The molecule has 0 saturated carbocycles. The molecule has 0 aliphatic carbocycles. The maximum atomic E-state index is 3.39. The second kappa shape index (κ2) is 3.83. The molecule has 1 saturated heterocycles. The van der Waals surface area contributed by atoms with Gasteiger partial charge in [0.25, 0.3) is 0 Å². The standard InChI is InChI=1S/C13H17N3/c1-15-12-5-3-2-4-11(12)10-13(15)16-8-6-14-7-9-16/h2-5,10,14H,6-9H2,1H3. The van der Waals surface area contributed by atoms with E-state index < -0.39 is 0 Å². The van der Waals surface area contributed by atoms with Gasteiger partial charge in [0, 0.05) is 44.1 Å². The third kappa shape index (κ3) is 1.48. The van der Waals surface area contributed by atoms with Crippen molar-refractivity contribution in [2.75, 3.05) is 31.1 Å². The second-order valence-corrected chi connectivity index (χ2v) is 4.36. The number of nitrogens with zero attached hydrogens (tertiary/aromatic N) is 2. The van der Waals surface area contributed by atoms with E-state index in [1.54, 1.807) is 0 Å². The Morgan fingerprint density at radius 1 is 1.12 bits per heavy atom. The fourth-order valence-corrected chi connectivity index (χ4v) is 2.47. The fourth-order valence-electron chi connectivity index (χ4n) is 2.47. The van der Waals surface area contributed by atoms with Crippen LogP contribution in [-0.2, 0) is 7.05 Å². The monoisotopic (exact) mass is 215 g/mol. The van der Waals surface area contributed by atoms with Gasteiger partial charge in [-0.3, -0.25) is 0 Å². The Balaban J connectivity index is 2.05. The molecule has 1 aliphatic heterocycles. The van der Waals surface area contributed by atoms with Gasteiger partial charge in [0.05, 0.1) is 0 Å². The minimum absolute atomic E-state index is 1.08. The molecular formula is C13H17N3. The van der Waals surface area contributed by atoms with Crippen LogP contribution in [0.5, 0.6) is 0 Å². The van der Waals surface area contributed by atoms with Crippen LogP contribution in [0.2, 0.25) is 0 Å². The Hall–Kier alpha value is -1.48. The maximum Gasteiger partial charge on any atom is 0.109 e. The number of fused-ring (bicyclic) bond motifs is 1. The minimum atomic E-state index is 1.08. The van der Waals surface area contributed by atoms with Gasteiger partial charge in [-0.15, -0.1) is 0 Å². The number of anilines is 1. The first-order chi connectivity index (χ1) is 7.86. The lowest BCUT2D eigenvalue weighted by Crippen LogP contribution is -2.44. The first-order valence-electron chi connectivity index (χ1n) is 5.86. The molecule has 0 bridgehead atoms. The summed E-state index contributed by atoms with van der Waals surface area (Å²) < 4.78 is 2.29. The molecule has 1 aromatic carbocycles. The molecule has 0 atom stereocenters. The number of nitrogens with one attached hydrogen (secondary N) is 1. The number of hydrogen-bond acceptors (Lipinski definition) is 2. The van der Waals surface area contributed by atoms with Gasteiger partial charge in [-0.2, -0.15) is 0 Å². The zero-order valence-electron chi connectivity index (χ0n) is 9.61. The average molecular weight is 215 g/mol. The van der Waals surface area contributed by atoms with Crippen LogP contribution >= 0.6 is 0 Å². The summed E-state index contributed by atoms with van der Waals surface area (Å²) in [5, 5.41) is 4.72. The van der Waals surface area contributed by atoms with E-state index in [0.29, 0.717) is 0 Å². The predicted octanol–water partition coefficient (Wildman–Crippen LogP) is 1.59. The fraction of sp³-hybridized carbons (Fsp3) is 0.385. The number of rotatable bonds is 1. The number of piperazine rings is 1. The Morgan fingerprint density at radius 3 is 2.62 bits per heavy atom. The lowest BCUT2D eigenvalue weighted by molar-refractivity contribution is 0.580. The largest absolute Gasteiger partial charge is 0.355 e. The Kier molecular flexibility index (Phi) is 2.33. The van der Waals surface area contributed by atoms with Crippen LogP contribution in [0, 0.1) is 0 Å². The van der Waals surface area contributed by atoms with E-state index >= 15 is 0 Å². The van der Waals surface area contributed by atoms with Gasteiger partial charge in [0.2, 0.25) is 0 Å². The summed E-state index contributed by atoms with van der Waals surface area (Å²) >= 11 is 0. The first-order valence-corrected chi connectivity index (χ1v) is 5.86. The van der Waals surface area contributed by atoms with Crippen molar-refractivity contribution in [2.24, 2.45) is 7.05 Å². The van der Waals surface area contributed by atoms with E-state index in [9.17, 15) is 0 Å². The van der Waals surface area contributed by atoms with Crippen LogP contribution in [0.25, 0.3) is 10.9 Å². The number of aromatic nitrogens is 1. The third-order valence-electron chi connectivity index (χ3n) is 3.37. The van der Waals surface area contributed by atoms with E-state index in [1.807, 2.05) is 0 Å². The normalized spacial score (nSPS) is 16.9. The van der Waals surface area contributed by atoms with Gasteiger partial charge >= 0.3 is 0 Å². The lowest BCUT2D eigenvalue weighted by atomic mass is 10.2. The van der Waals surface area contributed by atoms with Crippen LogP contribution in [0.1, 0.15) is 0 Å². The van der Waals surface area contributed by atoms with Crippen LogP contribution in [0.15, 0.2) is 30.3 Å². The lowest BCUT2D eigenvalue weighted by Gasteiger charge is -2.29. The molecule has 2 heterocycles. The van der Waals surface area contributed by atoms with E-state index in [4.69, 9.17) is 0 Å². The van der Waals surface area contributed by atoms with E-state index in [1.165, 1.54) is 16.7 Å². The summed E-state index contributed by atoms with van der Waals surface area (Å²) in [5.41, 5.74) is 1.32. The summed E-state index contributed by atoms with van der Waals surface area (Å²) in [6.45, 7) is 4.37. The van der Waals surface area contributed by atoms with E-state index in [2.05, 4.69) is 52.2 Å². The van der Waals surface area contributed by atoms with Crippen molar-refractivity contribution in [1.82, 2.24) is 9.88 Å². The molecule has 3 nitrogen and oxygen atoms in total. The van der Waals surface area contributed by atoms with Crippen LogP contribution in [0.4, 0.5) is 5.82 Å². The minimum Gasteiger partial charge on any atom is -0.355 e. The summed E-state index contributed by atoms with van der Waals surface area (Å²) in [6.07, 6.45) is 0. The molecule has 0 amide bonds. The molecular weight excluding hydrogens is 198 g/mol. The second-order valence-electron chi connectivity index (χ2n) is 4.36. The molecule has 0 spiro atoms. The maximum absolute atomic E-state index is 3.39. The topological polar surface area (TPSA) is 20.2 Å². The summed E-state index contributed by atoms with van der Waals surface area (Å²) in [5.74, 6) is 1.34. The van der Waals surface area contributed by atoms with Gasteiger partial charge in [-0.1, -0.05) is 18.2 Å². The Labute approximate surface area is 95.7 Å². The highest BCUT2D eigenvalue weighted by Gasteiger charge is 2.14. The molecule has 3 rings (SSSR count). The first kappa shape index (κ1) is 9.73. The number of para-hydroxylation sites is 1. The Morgan fingerprint density at radius 2 is 1.88 bits per heavy atom. The van der Waals surface area contributed by atoms with Gasteiger partial charge in [0.15, 0.2) is 0 Å². The third-order valence-corrected chi connectivity index (χ3v) is 3.37. The molecule has 2 aromatic rings. The van der Waals surface area contributed by atoms with Crippen molar-refractivity contribution in [3.8, 4) is 0 Å². The zero-order valence-corrected chi connectivity index (χ0v) is 9.61. The molecule has 1 aromatic heterocycles. The van der Waals surface area contributed by atoms with Crippen molar-refractivity contribution in [1.29, 1.82) is 0 Å². The smallest absolute Gasteiger partial charge is 0.109 e. The van der Waals surface area contributed by atoms with Crippen molar-refractivity contribution < 1.29 is 0 Å². The highest BCUT2D eigenvalue weighted by Crippen LogP contribution is 2.25. The van der Waals surface area contributed by atoms with Gasteiger partial charge in [-0.05, 0) is 12.1 Å². The predicted molar refractivity (Wildman–Crippen MR) is 68.0 cm³/mol. The SMILES string of the molecule is Cn1c(N2CCNCC2)cc2ccccc21. The van der Waals surface area contributed by atoms with Crippen LogP contribution in [-0.4, -0.2) is 30.7 Å². The molecule has 3 heteroatoms. The molecule has 16 heavy (non-hydrogen) atoms. The van der Waals surface area contributed by atoms with Gasteiger partial charge < -0.3 is 14.8 Å². The van der Waals surface area contributed by atoms with Crippen molar-refractivity contribution in [3.05, 3.63) is 30.3 Å². The quantitative estimate of drug-likeness (QED) is 0.779. The molecule has 1 N–H and O–H groups in total. The number of aryl methyl sites for hydroxylation is 1. The molecule has 0 unspecified atom stereocenters.